The predicted octanol–water partition coefficient (Wildman–Crippen LogP) is 4.95. The first-order valence-electron chi connectivity index (χ1n) is 5.57. The molecule has 0 aliphatic rings. The Morgan fingerprint density at radius 2 is 1.95 bits per heavy atom. The van der Waals surface area contributed by atoms with Crippen molar-refractivity contribution in [3.05, 3.63) is 55.8 Å². The van der Waals surface area contributed by atoms with Gasteiger partial charge in [-0.05, 0) is 18.2 Å². The third kappa shape index (κ3) is 3.43. The second-order valence-electron chi connectivity index (χ2n) is 3.89. The molecule has 0 spiro atoms. The van der Waals surface area contributed by atoms with Gasteiger partial charge in [-0.15, -0.1) is 0 Å². The van der Waals surface area contributed by atoms with Crippen LogP contribution in [0.3, 0.4) is 0 Å². The van der Waals surface area contributed by atoms with Gasteiger partial charge in [0, 0.05) is 10.5 Å². The Kier molecular flexibility index (Phi) is 4.64. The molecule has 21 heavy (non-hydrogen) atoms. The maximum atomic E-state index is 13.6. The summed E-state index contributed by atoms with van der Waals surface area (Å²) in [6, 6.07) is 6.63. The standard InChI is InChI=1S/C13H8BrClFNO4/c1-20-12-6-13(10(17(18)19)5-9(12)16)21-11-4-7(14)2-3-8(11)15/h2-6H,1H3. The molecule has 5 nitrogen and oxygen atoms in total. The highest BCUT2D eigenvalue weighted by Gasteiger charge is 2.21. The van der Waals surface area contributed by atoms with Crippen LogP contribution in [-0.4, -0.2) is 12.0 Å². The zero-order valence-electron chi connectivity index (χ0n) is 10.6. The number of hydrogen-bond donors (Lipinski definition) is 0. The van der Waals surface area contributed by atoms with Crippen LogP contribution in [0.2, 0.25) is 5.02 Å². The molecule has 0 atom stereocenters. The van der Waals surface area contributed by atoms with E-state index in [0.29, 0.717) is 4.47 Å². The van der Waals surface area contributed by atoms with Gasteiger partial charge in [0.2, 0.25) is 5.75 Å². The first kappa shape index (κ1) is 15.5. The molecule has 0 bridgehead atoms. The van der Waals surface area contributed by atoms with Crippen molar-refractivity contribution in [3.8, 4) is 17.2 Å². The van der Waals surface area contributed by atoms with Crippen LogP contribution in [0.5, 0.6) is 17.2 Å². The Bertz CT molecular complexity index is 711. The summed E-state index contributed by atoms with van der Waals surface area (Å²) in [5, 5.41) is 11.3. The molecule has 2 aromatic rings. The number of methoxy groups -OCH3 is 1. The average Bonchev–Trinajstić information content (AvgIpc) is 2.44. The van der Waals surface area contributed by atoms with Gasteiger partial charge >= 0.3 is 5.69 Å². The molecule has 0 amide bonds. The van der Waals surface area contributed by atoms with Crippen LogP contribution in [0, 0.1) is 15.9 Å². The van der Waals surface area contributed by atoms with Gasteiger partial charge < -0.3 is 9.47 Å². The van der Waals surface area contributed by atoms with Gasteiger partial charge in [0.25, 0.3) is 0 Å². The molecule has 0 aliphatic carbocycles. The molecule has 0 saturated heterocycles. The number of halogens is 3. The van der Waals surface area contributed by atoms with Gasteiger partial charge in [-0.1, -0.05) is 27.5 Å². The van der Waals surface area contributed by atoms with Gasteiger partial charge in [-0.25, -0.2) is 4.39 Å². The molecule has 2 rings (SSSR count). The number of nitro benzene ring substituents is 1. The first-order chi connectivity index (χ1) is 9.92. The van der Waals surface area contributed by atoms with E-state index in [4.69, 9.17) is 21.1 Å². The number of nitro groups is 1. The van der Waals surface area contributed by atoms with Crippen LogP contribution in [0.15, 0.2) is 34.8 Å². The largest absolute Gasteiger partial charge is 0.494 e. The van der Waals surface area contributed by atoms with E-state index >= 15 is 0 Å². The lowest BCUT2D eigenvalue weighted by atomic mass is 10.2. The number of hydrogen-bond acceptors (Lipinski definition) is 4. The van der Waals surface area contributed by atoms with E-state index in [1.54, 1.807) is 18.2 Å². The van der Waals surface area contributed by atoms with Gasteiger partial charge in [-0.2, -0.15) is 0 Å². The van der Waals surface area contributed by atoms with Crippen molar-refractivity contribution in [2.24, 2.45) is 0 Å². The van der Waals surface area contributed by atoms with Crippen LogP contribution in [0.4, 0.5) is 10.1 Å². The van der Waals surface area contributed by atoms with E-state index in [9.17, 15) is 14.5 Å². The molecule has 0 fully saturated rings. The molecule has 0 radical (unpaired) electrons. The Hall–Kier alpha value is -1.86. The molecular formula is C13H8BrClFNO4. The number of rotatable bonds is 4. The summed E-state index contributed by atoms with van der Waals surface area (Å²) in [5.41, 5.74) is -0.524. The highest BCUT2D eigenvalue weighted by molar-refractivity contribution is 9.10. The van der Waals surface area contributed by atoms with E-state index < -0.39 is 16.4 Å². The van der Waals surface area contributed by atoms with Crippen LogP contribution < -0.4 is 9.47 Å². The Morgan fingerprint density at radius 3 is 2.57 bits per heavy atom. The lowest BCUT2D eigenvalue weighted by Gasteiger charge is -2.10. The zero-order chi connectivity index (χ0) is 15.6. The minimum Gasteiger partial charge on any atom is -0.494 e. The van der Waals surface area contributed by atoms with Crippen LogP contribution >= 0.6 is 27.5 Å². The van der Waals surface area contributed by atoms with Gasteiger partial charge in [0.15, 0.2) is 11.6 Å². The van der Waals surface area contributed by atoms with Crippen molar-refractivity contribution in [1.82, 2.24) is 0 Å². The fraction of sp³-hybridized carbons (Fsp3) is 0.0769. The van der Waals surface area contributed by atoms with E-state index in [0.717, 1.165) is 12.1 Å². The molecule has 0 saturated carbocycles. The maximum Gasteiger partial charge on any atom is 0.314 e. The van der Waals surface area contributed by atoms with Crippen LogP contribution in [0.25, 0.3) is 0 Å². The SMILES string of the molecule is COc1cc(Oc2cc(Br)ccc2Cl)c([N+](=O)[O-])cc1F. The summed E-state index contributed by atoms with van der Waals surface area (Å²) in [6.45, 7) is 0. The normalized spacial score (nSPS) is 10.3. The Morgan fingerprint density at radius 1 is 1.24 bits per heavy atom. The lowest BCUT2D eigenvalue weighted by Crippen LogP contribution is -1.97. The van der Waals surface area contributed by atoms with E-state index in [1.165, 1.54) is 7.11 Å². The topological polar surface area (TPSA) is 61.6 Å². The third-order valence-corrected chi connectivity index (χ3v) is 3.35. The highest BCUT2D eigenvalue weighted by atomic mass is 79.9. The minimum absolute atomic E-state index is 0.165. The summed E-state index contributed by atoms with van der Waals surface area (Å²) in [7, 11) is 1.25. The number of nitrogens with zero attached hydrogens (tertiary/aromatic N) is 1. The quantitative estimate of drug-likeness (QED) is 0.559. The van der Waals surface area contributed by atoms with E-state index in [-0.39, 0.29) is 22.3 Å². The summed E-state index contributed by atoms with van der Waals surface area (Å²) < 4.78 is 24.5. The van der Waals surface area contributed by atoms with Crippen molar-refractivity contribution in [2.45, 2.75) is 0 Å². The molecule has 0 N–H and O–H groups in total. The van der Waals surface area contributed by atoms with Crippen LogP contribution in [0.1, 0.15) is 0 Å². The summed E-state index contributed by atoms with van der Waals surface area (Å²) in [6.07, 6.45) is 0. The van der Waals surface area contributed by atoms with Gasteiger partial charge in [0.05, 0.1) is 23.1 Å². The molecule has 0 aromatic heterocycles. The van der Waals surface area contributed by atoms with Gasteiger partial charge in [0.1, 0.15) is 5.75 Å². The molecule has 110 valence electrons. The second kappa shape index (κ2) is 6.28. The van der Waals surface area contributed by atoms with Gasteiger partial charge in [-0.3, -0.25) is 10.1 Å². The zero-order valence-corrected chi connectivity index (χ0v) is 12.9. The van der Waals surface area contributed by atoms with E-state index in [1.807, 2.05) is 0 Å². The van der Waals surface area contributed by atoms with Crippen molar-refractivity contribution in [2.75, 3.05) is 7.11 Å². The number of ether oxygens (including phenoxy) is 2. The van der Waals surface area contributed by atoms with Crippen molar-refractivity contribution >= 4 is 33.2 Å². The smallest absolute Gasteiger partial charge is 0.314 e. The molecule has 0 heterocycles. The molecule has 0 aliphatic heterocycles. The average molecular weight is 377 g/mol. The van der Waals surface area contributed by atoms with E-state index in [2.05, 4.69) is 15.9 Å². The molecule has 0 unspecified atom stereocenters. The fourth-order valence-electron chi connectivity index (χ4n) is 1.58. The Labute approximate surface area is 132 Å². The van der Waals surface area contributed by atoms with Crippen LogP contribution in [-0.2, 0) is 0 Å². The number of benzene rings is 2. The van der Waals surface area contributed by atoms with Crippen molar-refractivity contribution in [3.63, 3.8) is 0 Å². The predicted molar refractivity (Wildman–Crippen MR) is 78.8 cm³/mol. The lowest BCUT2D eigenvalue weighted by molar-refractivity contribution is -0.385. The molecule has 2 aromatic carbocycles. The first-order valence-corrected chi connectivity index (χ1v) is 6.74. The summed E-state index contributed by atoms with van der Waals surface area (Å²) in [4.78, 5) is 10.2. The molecular weight excluding hydrogens is 369 g/mol. The fourth-order valence-corrected chi connectivity index (χ4v) is 2.08. The third-order valence-electron chi connectivity index (χ3n) is 2.54. The second-order valence-corrected chi connectivity index (χ2v) is 5.21. The van der Waals surface area contributed by atoms with Crippen molar-refractivity contribution < 1.29 is 18.8 Å². The summed E-state index contributed by atoms with van der Waals surface area (Å²) in [5.74, 6) is -0.986. The monoisotopic (exact) mass is 375 g/mol. The minimum atomic E-state index is -0.850. The maximum absolute atomic E-state index is 13.6. The van der Waals surface area contributed by atoms with Crippen molar-refractivity contribution in [1.29, 1.82) is 0 Å². The Balaban J connectivity index is 2.51. The summed E-state index contributed by atoms with van der Waals surface area (Å²) >= 11 is 9.20. The highest BCUT2D eigenvalue weighted by Crippen LogP contribution is 2.39. The molecule has 8 heteroatoms.